The van der Waals surface area contributed by atoms with Crippen molar-refractivity contribution in [3.63, 3.8) is 0 Å². The number of hydrogen-bond donors (Lipinski definition) is 4. The molecular formula is C65H69ClN10O10S. The maximum Gasteiger partial charge on any atom is 0.293 e. The quantitative estimate of drug-likeness (QED) is 0.0194. The number of nitro groups is 1. The summed E-state index contributed by atoms with van der Waals surface area (Å²) in [7, 11) is -4.64. The van der Waals surface area contributed by atoms with Crippen molar-refractivity contribution >= 4 is 84.8 Å². The number of aromatic amines is 1. The molecule has 6 heterocycles. The normalized spacial score (nSPS) is 19.2. The molecule has 22 heteroatoms. The Morgan fingerprint density at radius 1 is 0.908 bits per heavy atom. The highest BCUT2D eigenvalue weighted by Gasteiger charge is 2.45. The van der Waals surface area contributed by atoms with E-state index < -0.39 is 61.1 Å². The van der Waals surface area contributed by atoms with Crippen LogP contribution in [0.15, 0.2) is 114 Å². The van der Waals surface area contributed by atoms with Crippen molar-refractivity contribution in [2.45, 2.75) is 95.4 Å². The van der Waals surface area contributed by atoms with Crippen LogP contribution in [0.1, 0.15) is 127 Å². The fourth-order valence-corrected chi connectivity index (χ4v) is 13.6. The monoisotopic (exact) mass is 1220 g/mol. The summed E-state index contributed by atoms with van der Waals surface area (Å²) in [5, 5.41) is 19.4. The number of rotatable bonds is 19. The smallest absolute Gasteiger partial charge is 0.293 e. The van der Waals surface area contributed by atoms with Gasteiger partial charge in [0.15, 0.2) is 0 Å². The van der Waals surface area contributed by atoms with E-state index in [4.69, 9.17) is 16.3 Å². The molecule has 20 nitrogen and oxygen atoms in total. The third-order valence-electron chi connectivity index (χ3n) is 17.2. The molecule has 0 radical (unpaired) electrons. The second-order valence-electron chi connectivity index (χ2n) is 23.9. The number of aromatic nitrogens is 2. The van der Waals surface area contributed by atoms with Crippen LogP contribution in [0.3, 0.4) is 0 Å². The molecule has 0 saturated carbocycles. The number of nitrogens with zero attached hydrogens (tertiary/aromatic N) is 6. The molecule has 11 rings (SSSR count). The van der Waals surface area contributed by atoms with Crippen molar-refractivity contribution < 1.29 is 42.1 Å². The van der Waals surface area contributed by atoms with Crippen molar-refractivity contribution in [3.8, 4) is 23.3 Å². The number of H-pyrrole nitrogens is 1. The van der Waals surface area contributed by atoms with Gasteiger partial charge in [0.2, 0.25) is 11.8 Å². The van der Waals surface area contributed by atoms with Crippen LogP contribution < -0.4 is 25.0 Å². The minimum atomic E-state index is -4.64. The fraction of sp³-hybridized carbons (Fsp3) is 0.385. The van der Waals surface area contributed by atoms with Crippen LogP contribution >= 0.6 is 11.6 Å². The van der Waals surface area contributed by atoms with Gasteiger partial charge in [0.05, 0.1) is 32.7 Å². The lowest BCUT2D eigenvalue weighted by atomic mass is 9.72. The number of carbonyl (C=O) groups is 5. The Balaban J connectivity index is 0.687. The van der Waals surface area contributed by atoms with Crippen molar-refractivity contribution in [1.82, 2.24) is 34.7 Å². The zero-order valence-electron chi connectivity index (χ0n) is 48.7. The topological polar surface area (TPSA) is 250 Å². The van der Waals surface area contributed by atoms with Crippen molar-refractivity contribution in [2.24, 2.45) is 11.3 Å². The van der Waals surface area contributed by atoms with E-state index in [2.05, 4.69) is 77.8 Å². The highest BCUT2D eigenvalue weighted by molar-refractivity contribution is 7.90. The van der Waals surface area contributed by atoms with Gasteiger partial charge < -0.3 is 24.8 Å². The Kier molecular flexibility index (Phi) is 17.9. The lowest BCUT2D eigenvalue weighted by Gasteiger charge is -2.39. The summed E-state index contributed by atoms with van der Waals surface area (Å²) in [6.45, 7) is 11.5. The Morgan fingerprint density at radius 3 is 2.52 bits per heavy atom. The van der Waals surface area contributed by atoms with Crippen LogP contribution in [0.25, 0.3) is 16.6 Å². The standard InChI is InChI=1S/C65H69ClN10O10S/c1-65(2)26-24-46(53(37-65)43-14-16-47(66)17-15-43)41-73-30-32-74(33-31-73)48-18-20-51(57(35-48)86-49-34-45-25-27-67-60(45)69-39-49)61(78)71-87(84,85)50-19-21-54(56(36-50)76(82)83)68-38-42-10-9-29-72(40-42)28-7-5-3-4-6-11-44-12-8-13-52-59(44)64(81)75(63(52)80)55-22-23-58(77)70-62(55)79/h8,12-21,25,27,34-36,39,42,55,68H,3-5,7,9-10,22-24,26,28-33,37-38,40-41H2,1-2H3,(H,67,69)(H,71,78)(H,70,77,79). The van der Waals surface area contributed by atoms with Gasteiger partial charge in [-0.15, -0.1) is 0 Å². The third kappa shape index (κ3) is 13.9. The van der Waals surface area contributed by atoms with Gasteiger partial charge in [0, 0.05) is 98.6 Å². The fourth-order valence-electron chi connectivity index (χ4n) is 12.5. The number of pyridine rings is 1. The van der Waals surface area contributed by atoms with Gasteiger partial charge >= 0.3 is 0 Å². The number of halogens is 1. The third-order valence-corrected chi connectivity index (χ3v) is 18.8. The first-order valence-electron chi connectivity index (χ1n) is 29.7. The molecule has 3 saturated heterocycles. The number of nitrogens with one attached hydrogen (secondary N) is 4. The van der Waals surface area contributed by atoms with Gasteiger partial charge in [-0.2, -0.15) is 0 Å². The summed E-state index contributed by atoms with van der Waals surface area (Å²) in [5.41, 5.74) is 6.12. The molecule has 5 aliphatic rings. The summed E-state index contributed by atoms with van der Waals surface area (Å²) in [4.78, 5) is 92.0. The predicted octanol–water partition coefficient (Wildman–Crippen LogP) is 9.96. The van der Waals surface area contributed by atoms with E-state index in [1.807, 2.05) is 18.2 Å². The van der Waals surface area contributed by atoms with Gasteiger partial charge in [-0.1, -0.05) is 67.5 Å². The lowest BCUT2D eigenvalue weighted by molar-refractivity contribution is -0.384. The predicted molar refractivity (Wildman–Crippen MR) is 331 cm³/mol. The number of ether oxygens (including phenoxy) is 1. The van der Waals surface area contributed by atoms with Crippen LogP contribution in [0.4, 0.5) is 17.1 Å². The van der Waals surface area contributed by atoms with Crippen LogP contribution in [0.5, 0.6) is 11.5 Å². The molecule has 2 unspecified atom stereocenters. The molecule has 4 aliphatic heterocycles. The number of amides is 5. The lowest BCUT2D eigenvalue weighted by Crippen LogP contribution is -2.54. The number of benzene rings is 4. The van der Waals surface area contributed by atoms with Gasteiger partial charge in [0.1, 0.15) is 28.9 Å². The number of piperidine rings is 2. The van der Waals surface area contributed by atoms with Crippen LogP contribution in [-0.2, 0) is 19.6 Å². The average molecular weight is 1220 g/mol. The zero-order valence-corrected chi connectivity index (χ0v) is 50.2. The van der Waals surface area contributed by atoms with E-state index in [0.717, 1.165) is 113 Å². The van der Waals surface area contributed by atoms with E-state index in [-0.39, 0.29) is 52.3 Å². The second-order valence-corrected chi connectivity index (χ2v) is 26.0. The van der Waals surface area contributed by atoms with E-state index >= 15 is 0 Å². The molecule has 1 aliphatic carbocycles. The number of carbonyl (C=O) groups excluding carboxylic acids is 5. The Morgan fingerprint density at radius 2 is 1.72 bits per heavy atom. The number of fused-ring (bicyclic) bond motifs is 2. The molecule has 4 N–H and O–H groups in total. The number of sulfonamides is 1. The molecule has 0 bridgehead atoms. The highest BCUT2D eigenvalue weighted by atomic mass is 35.5. The van der Waals surface area contributed by atoms with Crippen molar-refractivity contribution in [1.29, 1.82) is 0 Å². The Bertz CT molecular complexity index is 3900. The van der Waals surface area contributed by atoms with E-state index in [1.165, 1.54) is 41.1 Å². The van der Waals surface area contributed by atoms with Crippen LogP contribution in [0, 0.1) is 33.3 Å². The number of imide groups is 2. The molecule has 452 valence electrons. The minimum absolute atomic E-state index is 0.0368. The van der Waals surface area contributed by atoms with Gasteiger partial charge in [-0.05, 0) is 148 Å². The number of anilines is 2. The SMILES string of the molecule is CC1(C)CCC(CN2CCN(c3ccc(C(=O)NS(=O)(=O)c4ccc(NCC5CCCN(CCCCCC#Cc6cccc7c6C(=O)N(C6CCC(=O)NC6=O)C7=O)C5)c([N+](=O)[O-])c4)c(Oc4cnc5[nH]ccc5c4)c3)CC2)=C(c2ccc(Cl)cc2)C1. The van der Waals surface area contributed by atoms with Gasteiger partial charge in [-0.25, -0.2) is 18.1 Å². The molecule has 4 aromatic carbocycles. The number of unbranched alkanes of at least 4 members (excludes halogenated alkanes) is 3. The molecule has 2 atom stereocenters. The highest BCUT2D eigenvalue weighted by Crippen LogP contribution is 2.44. The number of allylic oxidation sites excluding steroid dienone is 1. The maximum atomic E-state index is 14.2. The van der Waals surface area contributed by atoms with Gasteiger partial charge in [0.25, 0.3) is 33.4 Å². The minimum Gasteiger partial charge on any atom is -0.455 e. The van der Waals surface area contributed by atoms with E-state index in [1.54, 1.807) is 42.6 Å². The van der Waals surface area contributed by atoms with E-state index in [9.17, 15) is 42.5 Å². The first-order chi connectivity index (χ1) is 41.9. The molecular weight excluding hydrogens is 1150 g/mol. The van der Waals surface area contributed by atoms with E-state index in [0.29, 0.717) is 48.0 Å². The number of piperazine rings is 1. The molecule has 5 amide bonds. The average Bonchev–Trinajstić information content (AvgIpc) is 2.10. The first-order valence-corrected chi connectivity index (χ1v) is 31.6. The zero-order chi connectivity index (χ0) is 61.0. The first kappa shape index (κ1) is 60.3. The Hall–Kier alpha value is -8.42. The summed E-state index contributed by atoms with van der Waals surface area (Å²) in [5.74, 6) is 3.55. The number of hydrogen-bond acceptors (Lipinski definition) is 15. The summed E-state index contributed by atoms with van der Waals surface area (Å²) < 4.78 is 36.5. The van der Waals surface area contributed by atoms with Crippen LogP contribution in [0.2, 0.25) is 5.02 Å². The van der Waals surface area contributed by atoms with Gasteiger partial charge in [-0.3, -0.25) is 49.2 Å². The summed E-state index contributed by atoms with van der Waals surface area (Å²) in [6, 6.07) is 24.2. The number of likely N-dealkylation sites (tertiary alicyclic amines) is 1. The van der Waals surface area contributed by atoms with Crippen molar-refractivity contribution in [2.75, 3.05) is 69.1 Å². The molecule has 3 fully saturated rings. The molecule has 0 spiro atoms. The molecule has 2 aromatic heterocycles. The maximum absolute atomic E-state index is 14.2. The Labute approximate surface area is 510 Å². The van der Waals surface area contributed by atoms with Crippen LogP contribution in [-0.4, -0.2) is 132 Å². The van der Waals surface area contributed by atoms with Crippen molar-refractivity contribution in [3.05, 3.63) is 152 Å². The number of nitro benzene ring substituents is 1. The molecule has 87 heavy (non-hydrogen) atoms. The largest absolute Gasteiger partial charge is 0.455 e. The molecule has 6 aromatic rings. The summed E-state index contributed by atoms with van der Waals surface area (Å²) >= 11 is 6.27. The summed E-state index contributed by atoms with van der Waals surface area (Å²) in [6.07, 6.45) is 11.6. The second kappa shape index (κ2) is 25.9.